The second-order valence-electron chi connectivity index (χ2n) is 5.91. The number of hydrogen-bond donors (Lipinski definition) is 2. The molecule has 26 heavy (non-hydrogen) atoms. The number of aromatic nitrogens is 3. The minimum atomic E-state index is -0.421. The molecule has 3 rings (SSSR count). The molecule has 7 heteroatoms. The summed E-state index contributed by atoms with van der Waals surface area (Å²) in [5.41, 5.74) is 1.80. The van der Waals surface area contributed by atoms with Gasteiger partial charge in [-0.25, -0.2) is 9.67 Å². The van der Waals surface area contributed by atoms with Crippen molar-refractivity contribution in [2.75, 3.05) is 6.61 Å². The first-order valence-corrected chi connectivity index (χ1v) is 8.60. The van der Waals surface area contributed by atoms with Crippen LogP contribution in [0.4, 0.5) is 0 Å². The molecule has 134 valence electrons. The maximum Gasteiger partial charge on any atom is 0.291 e. The molecule has 0 saturated carbocycles. The third-order valence-corrected chi connectivity index (χ3v) is 4.18. The highest BCUT2D eigenvalue weighted by atomic mass is 35.5. The quantitative estimate of drug-likeness (QED) is 0.698. The highest BCUT2D eigenvalue weighted by Crippen LogP contribution is 2.14. The summed E-state index contributed by atoms with van der Waals surface area (Å²) < 4.78 is 1.58. The topological polar surface area (TPSA) is 80.0 Å². The van der Waals surface area contributed by atoms with Gasteiger partial charge in [-0.2, -0.15) is 0 Å². The summed E-state index contributed by atoms with van der Waals surface area (Å²) >= 11 is 5.90. The van der Waals surface area contributed by atoms with Crippen molar-refractivity contribution in [2.45, 2.75) is 19.4 Å². The predicted molar refractivity (Wildman–Crippen MR) is 99.6 cm³/mol. The lowest BCUT2D eigenvalue weighted by molar-refractivity contribution is 0.0906. The summed E-state index contributed by atoms with van der Waals surface area (Å²) in [5, 5.41) is 17.3. The highest BCUT2D eigenvalue weighted by molar-refractivity contribution is 6.30. The molecule has 0 aliphatic rings. The molecule has 1 atom stereocenters. The predicted octanol–water partition coefficient (Wildman–Crippen LogP) is 2.56. The van der Waals surface area contributed by atoms with E-state index in [1.54, 1.807) is 35.9 Å². The summed E-state index contributed by atoms with van der Waals surface area (Å²) in [6.45, 7) is 1.60. The van der Waals surface area contributed by atoms with Crippen molar-refractivity contribution in [2.24, 2.45) is 0 Å². The van der Waals surface area contributed by atoms with E-state index in [0.29, 0.717) is 17.3 Å². The Morgan fingerprint density at radius 2 is 1.88 bits per heavy atom. The number of halogens is 1. The number of aryl methyl sites for hydroxylation is 1. The number of aliphatic hydroxyl groups excluding tert-OH is 1. The molecule has 3 aromatic rings. The molecule has 0 saturated heterocycles. The standard InChI is InChI=1S/C19H19ClN4O2/c1-13-21-18(23-24(13)17-9-7-15(20)8-10-17)19(26)22-16(12-25)11-14-5-3-2-4-6-14/h2-10,16,25H,11-12H2,1H3,(H,22,26)/t16-/m1/s1. The van der Waals surface area contributed by atoms with Crippen LogP contribution < -0.4 is 5.32 Å². The first kappa shape index (κ1) is 18.1. The van der Waals surface area contributed by atoms with E-state index in [9.17, 15) is 9.90 Å². The van der Waals surface area contributed by atoms with Gasteiger partial charge >= 0.3 is 0 Å². The Balaban J connectivity index is 1.73. The number of nitrogens with zero attached hydrogens (tertiary/aromatic N) is 3. The Kier molecular flexibility index (Phi) is 5.65. The lowest BCUT2D eigenvalue weighted by atomic mass is 10.1. The van der Waals surface area contributed by atoms with E-state index in [1.165, 1.54) is 0 Å². The summed E-state index contributed by atoms with van der Waals surface area (Å²) in [4.78, 5) is 16.7. The lowest BCUT2D eigenvalue weighted by Crippen LogP contribution is -2.39. The Bertz CT molecular complexity index is 878. The van der Waals surface area contributed by atoms with Crippen LogP contribution >= 0.6 is 11.6 Å². The van der Waals surface area contributed by atoms with Gasteiger partial charge in [0.15, 0.2) is 0 Å². The zero-order valence-corrected chi connectivity index (χ0v) is 15.0. The van der Waals surface area contributed by atoms with Crippen LogP contribution in [0.25, 0.3) is 5.69 Å². The molecule has 6 nitrogen and oxygen atoms in total. The SMILES string of the molecule is Cc1nc(C(=O)N[C@@H](CO)Cc2ccccc2)nn1-c1ccc(Cl)cc1. The molecule has 2 N–H and O–H groups in total. The van der Waals surface area contributed by atoms with Crippen LogP contribution in [0.2, 0.25) is 5.02 Å². The molecule has 1 amide bonds. The number of carbonyl (C=O) groups is 1. The Hall–Kier alpha value is -2.70. The van der Waals surface area contributed by atoms with Crippen LogP contribution in [0.3, 0.4) is 0 Å². The third-order valence-electron chi connectivity index (χ3n) is 3.92. The Morgan fingerprint density at radius 3 is 2.54 bits per heavy atom. The van der Waals surface area contributed by atoms with E-state index in [2.05, 4.69) is 15.4 Å². The molecule has 0 aliphatic heterocycles. The van der Waals surface area contributed by atoms with E-state index in [1.807, 2.05) is 30.3 Å². The van der Waals surface area contributed by atoms with Gasteiger partial charge in [-0.1, -0.05) is 41.9 Å². The number of aliphatic hydroxyl groups is 1. The highest BCUT2D eigenvalue weighted by Gasteiger charge is 2.19. The van der Waals surface area contributed by atoms with Gasteiger partial charge in [-0.15, -0.1) is 5.10 Å². The van der Waals surface area contributed by atoms with Crippen molar-refractivity contribution >= 4 is 17.5 Å². The fourth-order valence-corrected chi connectivity index (χ4v) is 2.75. The molecule has 0 spiro atoms. The van der Waals surface area contributed by atoms with Gasteiger partial charge in [-0.05, 0) is 43.2 Å². The van der Waals surface area contributed by atoms with E-state index in [-0.39, 0.29) is 12.4 Å². The maximum absolute atomic E-state index is 12.5. The first-order chi connectivity index (χ1) is 12.6. The second-order valence-corrected chi connectivity index (χ2v) is 6.35. The van der Waals surface area contributed by atoms with E-state index in [0.717, 1.165) is 11.3 Å². The Labute approximate surface area is 156 Å². The molecule has 1 aromatic heterocycles. The lowest BCUT2D eigenvalue weighted by Gasteiger charge is -2.15. The number of benzene rings is 2. The van der Waals surface area contributed by atoms with Crippen LogP contribution in [-0.4, -0.2) is 38.4 Å². The normalized spacial score (nSPS) is 12.0. The minimum Gasteiger partial charge on any atom is -0.394 e. The van der Waals surface area contributed by atoms with Crippen molar-refractivity contribution in [3.8, 4) is 5.69 Å². The number of nitrogens with one attached hydrogen (secondary N) is 1. The molecule has 0 bridgehead atoms. The van der Waals surface area contributed by atoms with Gasteiger partial charge in [0.05, 0.1) is 18.3 Å². The van der Waals surface area contributed by atoms with Crippen LogP contribution in [0, 0.1) is 6.92 Å². The molecule has 0 radical (unpaired) electrons. The van der Waals surface area contributed by atoms with Crippen molar-refractivity contribution in [3.05, 3.63) is 76.8 Å². The molecule has 0 aliphatic carbocycles. The monoisotopic (exact) mass is 370 g/mol. The van der Waals surface area contributed by atoms with E-state index < -0.39 is 11.9 Å². The third kappa shape index (κ3) is 4.28. The fraction of sp³-hybridized carbons (Fsp3) is 0.211. The van der Waals surface area contributed by atoms with Crippen molar-refractivity contribution in [3.63, 3.8) is 0 Å². The maximum atomic E-state index is 12.5. The van der Waals surface area contributed by atoms with Gasteiger partial charge in [0.2, 0.25) is 5.82 Å². The first-order valence-electron chi connectivity index (χ1n) is 8.22. The second kappa shape index (κ2) is 8.12. The summed E-state index contributed by atoms with van der Waals surface area (Å²) in [7, 11) is 0. The van der Waals surface area contributed by atoms with Crippen molar-refractivity contribution in [1.82, 2.24) is 20.1 Å². The number of hydrogen-bond acceptors (Lipinski definition) is 4. The van der Waals surface area contributed by atoms with Gasteiger partial charge in [-0.3, -0.25) is 4.79 Å². The molecular formula is C19H19ClN4O2. The zero-order chi connectivity index (χ0) is 18.5. The smallest absolute Gasteiger partial charge is 0.291 e. The molecule has 1 heterocycles. The van der Waals surface area contributed by atoms with Crippen LogP contribution in [0.5, 0.6) is 0 Å². The molecule has 0 fully saturated rings. The number of carbonyl (C=O) groups excluding carboxylic acids is 1. The van der Waals surface area contributed by atoms with Gasteiger partial charge in [0.1, 0.15) is 5.82 Å². The van der Waals surface area contributed by atoms with Gasteiger partial charge in [0, 0.05) is 5.02 Å². The van der Waals surface area contributed by atoms with Crippen LogP contribution in [0.15, 0.2) is 54.6 Å². The van der Waals surface area contributed by atoms with E-state index >= 15 is 0 Å². The fourth-order valence-electron chi connectivity index (χ4n) is 2.62. The van der Waals surface area contributed by atoms with Gasteiger partial charge in [0.25, 0.3) is 5.91 Å². The zero-order valence-electron chi connectivity index (χ0n) is 14.3. The number of rotatable bonds is 6. The average molecular weight is 371 g/mol. The van der Waals surface area contributed by atoms with Crippen molar-refractivity contribution in [1.29, 1.82) is 0 Å². The largest absolute Gasteiger partial charge is 0.394 e. The van der Waals surface area contributed by atoms with Crippen LogP contribution in [-0.2, 0) is 6.42 Å². The average Bonchev–Trinajstić information content (AvgIpc) is 3.04. The summed E-state index contributed by atoms with van der Waals surface area (Å²) in [6, 6.07) is 16.4. The Morgan fingerprint density at radius 1 is 1.19 bits per heavy atom. The molecular weight excluding hydrogens is 352 g/mol. The molecule has 2 aromatic carbocycles. The summed E-state index contributed by atoms with van der Waals surface area (Å²) in [5.74, 6) is 0.223. The van der Waals surface area contributed by atoms with Crippen molar-refractivity contribution < 1.29 is 9.90 Å². The van der Waals surface area contributed by atoms with Crippen LogP contribution in [0.1, 0.15) is 22.0 Å². The number of amides is 1. The minimum absolute atomic E-state index is 0.0592. The van der Waals surface area contributed by atoms with Gasteiger partial charge < -0.3 is 10.4 Å². The van der Waals surface area contributed by atoms with E-state index in [4.69, 9.17) is 11.6 Å². The molecule has 0 unspecified atom stereocenters. The summed E-state index contributed by atoms with van der Waals surface area (Å²) in [6.07, 6.45) is 0.528.